The monoisotopic (exact) mass is 871 g/mol. The van der Waals surface area contributed by atoms with E-state index in [1.807, 2.05) is 0 Å². The Labute approximate surface area is 364 Å². The summed E-state index contributed by atoms with van der Waals surface area (Å²) < 4.78 is 21.4. The average Bonchev–Trinajstić information content (AvgIpc) is 3.22. The highest BCUT2D eigenvalue weighted by Gasteiger charge is 2.13. The number of nitrogens with two attached hydrogens (primary N) is 1. The van der Waals surface area contributed by atoms with Crippen molar-refractivity contribution in [1.29, 1.82) is 0 Å². The second kappa shape index (κ2) is 43.0. The molecule has 5 amide bonds. The zero-order chi connectivity index (χ0) is 45.0. The summed E-state index contributed by atoms with van der Waals surface area (Å²) >= 11 is 0. The number of carbonyl (C=O) groups excluding carboxylic acids is 6. The summed E-state index contributed by atoms with van der Waals surface area (Å²) in [4.78, 5) is 81.0. The van der Waals surface area contributed by atoms with Crippen LogP contribution in [0.25, 0.3) is 0 Å². The molecule has 0 bridgehead atoms. The maximum atomic E-state index is 12.1. The van der Waals surface area contributed by atoms with Gasteiger partial charge >= 0.3 is 5.97 Å². The van der Waals surface area contributed by atoms with E-state index in [9.17, 15) is 33.6 Å². The van der Waals surface area contributed by atoms with Gasteiger partial charge in [0.25, 0.3) is 0 Å². The first-order valence-electron chi connectivity index (χ1n) is 22.6. The Morgan fingerprint density at radius 1 is 0.443 bits per heavy atom. The molecule has 61 heavy (non-hydrogen) atoms. The quantitative estimate of drug-likeness (QED) is 0.0338. The molecule has 18 nitrogen and oxygen atoms in total. The van der Waals surface area contributed by atoms with Crippen LogP contribution in [0.5, 0.6) is 0 Å². The molecule has 0 aliphatic heterocycles. The van der Waals surface area contributed by atoms with E-state index in [1.165, 1.54) is 59.2 Å². The predicted molar refractivity (Wildman–Crippen MR) is 234 cm³/mol. The van der Waals surface area contributed by atoms with Gasteiger partial charge in [0.05, 0.1) is 52.2 Å². The van der Waals surface area contributed by atoms with Gasteiger partial charge in [0.15, 0.2) is 7.85 Å². The number of amides is 5. The van der Waals surface area contributed by atoms with Crippen molar-refractivity contribution < 1.29 is 57.6 Å². The van der Waals surface area contributed by atoms with Gasteiger partial charge in [-0.3, -0.25) is 28.8 Å². The minimum Gasteiger partial charge on any atom is -0.481 e. The Kier molecular flexibility index (Phi) is 40.5. The first-order valence-corrected chi connectivity index (χ1v) is 22.6. The van der Waals surface area contributed by atoms with Crippen molar-refractivity contribution in [2.45, 2.75) is 141 Å². The number of rotatable bonds is 45. The van der Waals surface area contributed by atoms with Gasteiger partial charge in [0.2, 0.25) is 29.5 Å². The molecule has 0 fully saturated rings. The molecule has 352 valence electrons. The fraction of sp³-hybridized carbons (Fsp3) is 0.833. The third-order valence-electron chi connectivity index (χ3n) is 9.41. The molecular formula is C42H79BN6O12. The van der Waals surface area contributed by atoms with Crippen LogP contribution < -0.4 is 32.3 Å². The van der Waals surface area contributed by atoms with E-state index in [2.05, 4.69) is 26.6 Å². The second-order valence-corrected chi connectivity index (χ2v) is 15.2. The molecule has 0 heterocycles. The number of unbranched alkanes of at least 4 members (excludes halogenated alkanes) is 14. The number of ether oxygens (including phenoxy) is 4. The zero-order valence-electron chi connectivity index (χ0n) is 37.1. The Balaban J connectivity index is 3.43. The average molecular weight is 871 g/mol. The Morgan fingerprint density at radius 2 is 0.836 bits per heavy atom. The third kappa shape index (κ3) is 44.2. The van der Waals surface area contributed by atoms with E-state index in [1.54, 1.807) is 0 Å². The Morgan fingerprint density at radius 3 is 1.33 bits per heavy atom. The van der Waals surface area contributed by atoms with Crippen molar-refractivity contribution in [3.63, 3.8) is 0 Å². The highest BCUT2D eigenvalue weighted by Crippen LogP contribution is 2.14. The molecule has 8 N–H and O–H groups in total. The summed E-state index contributed by atoms with van der Waals surface area (Å²) in [5, 5.41) is 22.2. The van der Waals surface area contributed by atoms with Crippen LogP contribution in [0.4, 0.5) is 0 Å². The van der Waals surface area contributed by atoms with Gasteiger partial charge in [-0.15, -0.1) is 0 Å². The lowest BCUT2D eigenvalue weighted by atomic mass is 10.0. The minimum absolute atomic E-state index is 0.0325. The highest BCUT2D eigenvalue weighted by atomic mass is 16.5. The lowest BCUT2D eigenvalue weighted by Gasteiger charge is -2.11. The van der Waals surface area contributed by atoms with Crippen LogP contribution in [0.3, 0.4) is 0 Å². The van der Waals surface area contributed by atoms with Gasteiger partial charge in [-0.1, -0.05) is 77.0 Å². The van der Waals surface area contributed by atoms with Crippen LogP contribution in [0.2, 0.25) is 0 Å². The summed E-state index contributed by atoms with van der Waals surface area (Å²) in [6.45, 7) is 2.82. The summed E-state index contributed by atoms with van der Waals surface area (Å²) in [5.74, 6) is -1.70. The molecular weight excluding hydrogens is 791 g/mol. The van der Waals surface area contributed by atoms with Crippen LogP contribution in [-0.2, 0) is 52.5 Å². The van der Waals surface area contributed by atoms with Crippen LogP contribution in [0.15, 0.2) is 0 Å². The van der Waals surface area contributed by atoms with Crippen molar-refractivity contribution >= 4 is 49.0 Å². The number of hydrogen-bond donors (Lipinski definition) is 7. The van der Waals surface area contributed by atoms with Gasteiger partial charge in [0.1, 0.15) is 18.9 Å². The number of nitrogens with one attached hydrogen (secondary N) is 5. The van der Waals surface area contributed by atoms with Gasteiger partial charge in [0, 0.05) is 45.4 Å². The van der Waals surface area contributed by atoms with Gasteiger partial charge < -0.3 is 61.2 Å². The Hall–Kier alpha value is -3.65. The van der Waals surface area contributed by atoms with Gasteiger partial charge in [-0.25, -0.2) is 0 Å². The van der Waals surface area contributed by atoms with E-state index in [4.69, 9.17) is 29.8 Å². The summed E-state index contributed by atoms with van der Waals surface area (Å²) in [7, 11) is 1.38. The molecule has 0 unspecified atom stereocenters. The molecule has 1 atom stereocenters. The summed E-state index contributed by atoms with van der Waals surface area (Å²) in [5.41, 5.74) is 5.64. The molecule has 0 aliphatic rings. The van der Waals surface area contributed by atoms with Crippen LogP contribution in [-0.4, -0.2) is 146 Å². The number of carboxylic acid groups (broad SMARTS) is 1. The smallest absolute Gasteiger partial charge is 0.303 e. The maximum absolute atomic E-state index is 12.1. The van der Waals surface area contributed by atoms with Gasteiger partial charge in [-0.2, -0.15) is 0 Å². The standard InChI is InChI=1S/C42H79BN6O12/c43-36(50)32-49-42(57)35(44)18-15-16-22-46-39(53)33-60-30-29-59-27-25-48-40(54)34-61-31-28-58-26-24-47-38(52)20-17-23-45-37(51)19-13-11-9-7-5-3-1-2-4-6-8-10-12-14-21-41(55)56/h35H,1-34,43-44H2,(H,45,51)(H,46,53)(H,47,52)(H,48,54)(H,49,57)(H,55,56)/t35-/m0/s1. The molecule has 0 radical (unpaired) electrons. The van der Waals surface area contributed by atoms with Crippen molar-refractivity contribution in [3.8, 4) is 0 Å². The number of aliphatic carboxylic acids is 1. The third-order valence-corrected chi connectivity index (χ3v) is 9.41. The number of hydrogen-bond acceptors (Lipinski definition) is 12. The minimum atomic E-state index is -0.698. The largest absolute Gasteiger partial charge is 0.481 e. The molecule has 0 saturated carbocycles. The molecule has 19 heteroatoms. The summed E-state index contributed by atoms with van der Waals surface area (Å²) in [6, 6.07) is -0.696. The number of carbonyl (C=O) groups is 7. The van der Waals surface area contributed by atoms with E-state index < -0.39 is 12.0 Å². The molecule has 0 aliphatic carbocycles. The molecule has 0 saturated heterocycles. The first-order chi connectivity index (χ1) is 29.5. The first kappa shape index (κ1) is 57.4. The Bertz CT molecular complexity index is 1190. The van der Waals surface area contributed by atoms with Crippen molar-refractivity contribution in [2.75, 3.05) is 85.6 Å². The normalized spacial score (nSPS) is 11.4. The lowest BCUT2D eigenvalue weighted by Crippen LogP contribution is -2.42. The van der Waals surface area contributed by atoms with E-state index in [-0.39, 0.29) is 94.4 Å². The molecule has 0 aromatic carbocycles. The SMILES string of the molecule is BC(=O)CNC(=O)[C@@H](N)CCCCNC(=O)COCCOCCNC(=O)COCCOCCNC(=O)CCCNC(=O)CCCCCCCCCCCCCCCCC(=O)O. The van der Waals surface area contributed by atoms with E-state index >= 15 is 0 Å². The van der Waals surface area contributed by atoms with E-state index in [0.717, 1.165) is 38.5 Å². The fourth-order valence-corrected chi connectivity index (χ4v) is 5.92. The van der Waals surface area contributed by atoms with Crippen molar-refractivity contribution in [1.82, 2.24) is 26.6 Å². The van der Waals surface area contributed by atoms with Crippen molar-refractivity contribution in [3.05, 3.63) is 0 Å². The maximum Gasteiger partial charge on any atom is 0.303 e. The lowest BCUT2D eigenvalue weighted by molar-refractivity contribution is -0.137. The van der Waals surface area contributed by atoms with Crippen LogP contribution in [0.1, 0.15) is 135 Å². The van der Waals surface area contributed by atoms with Crippen molar-refractivity contribution in [2.24, 2.45) is 5.73 Å². The second-order valence-electron chi connectivity index (χ2n) is 15.2. The van der Waals surface area contributed by atoms with Gasteiger partial charge in [-0.05, 0) is 38.5 Å². The highest BCUT2D eigenvalue weighted by molar-refractivity contribution is 6.58. The summed E-state index contributed by atoms with van der Waals surface area (Å²) in [6.07, 6.45) is 19.5. The fourth-order valence-electron chi connectivity index (χ4n) is 5.92. The van der Waals surface area contributed by atoms with E-state index in [0.29, 0.717) is 71.3 Å². The van der Waals surface area contributed by atoms with Crippen LogP contribution >= 0.6 is 0 Å². The molecule has 0 aromatic heterocycles. The molecule has 0 spiro atoms. The topological polar surface area (TPSA) is 263 Å². The molecule has 0 aromatic rings. The number of carboxylic acids is 1. The van der Waals surface area contributed by atoms with Crippen LogP contribution in [0, 0.1) is 0 Å². The molecule has 0 rings (SSSR count). The predicted octanol–water partition coefficient (Wildman–Crippen LogP) is 1.40. The zero-order valence-corrected chi connectivity index (χ0v) is 37.1.